The summed E-state index contributed by atoms with van der Waals surface area (Å²) in [6.45, 7) is 0.824. The third-order valence-electron chi connectivity index (χ3n) is 3.67. The zero-order chi connectivity index (χ0) is 13.1. The molecule has 1 aliphatic rings. The SMILES string of the molecule is CNC(CCc1ccc2c(c1)CCO2)c1ncc[nH]1. The number of nitrogens with zero attached hydrogens (tertiary/aromatic N) is 1. The van der Waals surface area contributed by atoms with Crippen LogP contribution in [0.5, 0.6) is 5.75 Å². The average Bonchev–Trinajstić information content (AvgIpc) is 3.10. The third kappa shape index (κ3) is 2.63. The number of rotatable bonds is 5. The van der Waals surface area contributed by atoms with Crippen molar-refractivity contribution >= 4 is 0 Å². The maximum absolute atomic E-state index is 5.53. The first-order valence-corrected chi connectivity index (χ1v) is 6.78. The van der Waals surface area contributed by atoms with E-state index in [1.165, 1.54) is 11.1 Å². The molecule has 0 fully saturated rings. The summed E-state index contributed by atoms with van der Waals surface area (Å²) in [5, 5.41) is 3.31. The van der Waals surface area contributed by atoms with Crippen LogP contribution < -0.4 is 10.1 Å². The van der Waals surface area contributed by atoms with E-state index in [4.69, 9.17) is 4.74 Å². The molecule has 2 N–H and O–H groups in total. The van der Waals surface area contributed by atoms with E-state index < -0.39 is 0 Å². The van der Waals surface area contributed by atoms with Gasteiger partial charge in [-0.05, 0) is 37.1 Å². The van der Waals surface area contributed by atoms with E-state index in [9.17, 15) is 0 Å². The number of imidazole rings is 1. The monoisotopic (exact) mass is 257 g/mol. The Morgan fingerprint density at radius 3 is 3.21 bits per heavy atom. The molecule has 0 saturated carbocycles. The van der Waals surface area contributed by atoms with Gasteiger partial charge in [-0.25, -0.2) is 4.98 Å². The lowest BCUT2D eigenvalue weighted by Gasteiger charge is -2.13. The molecule has 1 aromatic heterocycles. The van der Waals surface area contributed by atoms with Crippen molar-refractivity contribution in [2.24, 2.45) is 0 Å². The standard InChI is InChI=1S/C15H19N3O/c1-16-13(15-17-7-8-18-15)4-2-11-3-5-14-12(10-11)6-9-19-14/h3,5,7-8,10,13,16H,2,4,6,9H2,1H3,(H,17,18). The van der Waals surface area contributed by atoms with Crippen molar-refractivity contribution in [3.63, 3.8) is 0 Å². The molecule has 4 nitrogen and oxygen atoms in total. The van der Waals surface area contributed by atoms with Gasteiger partial charge in [0.2, 0.25) is 0 Å². The third-order valence-corrected chi connectivity index (χ3v) is 3.67. The number of benzene rings is 1. The predicted octanol–water partition coefficient (Wildman–Crippen LogP) is 2.24. The summed E-state index contributed by atoms with van der Waals surface area (Å²) in [6, 6.07) is 6.81. The minimum Gasteiger partial charge on any atom is -0.493 e. The number of aryl methyl sites for hydroxylation is 1. The number of hydrogen-bond donors (Lipinski definition) is 2. The molecule has 3 rings (SSSR count). The second kappa shape index (κ2) is 5.45. The van der Waals surface area contributed by atoms with Gasteiger partial charge in [0.05, 0.1) is 12.6 Å². The maximum atomic E-state index is 5.53. The highest BCUT2D eigenvalue weighted by atomic mass is 16.5. The Bertz CT molecular complexity index is 536. The topological polar surface area (TPSA) is 49.9 Å². The van der Waals surface area contributed by atoms with Crippen molar-refractivity contribution in [3.8, 4) is 5.75 Å². The second-order valence-corrected chi connectivity index (χ2v) is 4.89. The minimum atomic E-state index is 0.277. The van der Waals surface area contributed by atoms with Crippen LogP contribution in [-0.4, -0.2) is 23.6 Å². The van der Waals surface area contributed by atoms with Crippen LogP contribution in [0.15, 0.2) is 30.6 Å². The van der Waals surface area contributed by atoms with E-state index in [1.807, 2.05) is 13.2 Å². The van der Waals surface area contributed by atoms with Crippen molar-refractivity contribution in [2.75, 3.05) is 13.7 Å². The molecule has 1 aromatic carbocycles. The van der Waals surface area contributed by atoms with Crippen molar-refractivity contribution in [1.82, 2.24) is 15.3 Å². The lowest BCUT2D eigenvalue weighted by atomic mass is 10.0. The lowest BCUT2D eigenvalue weighted by Crippen LogP contribution is -2.18. The van der Waals surface area contributed by atoms with Crippen LogP contribution in [0.2, 0.25) is 0 Å². The smallest absolute Gasteiger partial charge is 0.123 e. The van der Waals surface area contributed by atoms with E-state index in [-0.39, 0.29) is 6.04 Å². The molecule has 100 valence electrons. The number of fused-ring (bicyclic) bond motifs is 1. The van der Waals surface area contributed by atoms with E-state index in [1.54, 1.807) is 6.20 Å². The number of aromatic nitrogens is 2. The van der Waals surface area contributed by atoms with Crippen LogP contribution in [0.1, 0.15) is 29.4 Å². The van der Waals surface area contributed by atoms with Crippen molar-refractivity contribution in [1.29, 1.82) is 0 Å². The number of H-pyrrole nitrogens is 1. The van der Waals surface area contributed by atoms with Gasteiger partial charge in [0.15, 0.2) is 0 Å². The first kappa shape index (κ1) is 12.2. The minimum absolute atomic E-state index is 0.277. The molecule has 0 amide bonds. The van der Waals surface area contributed by atoms with Crippen molar-refractivity contribution in [2.45, 2.75) is 25.3 Å². The van der Waals surface area contributed by atoms with E-state index in [0.29, 0.717) is 0 Å². The number of aromatic amines is 1. The molecule has 19 heavy (non-hydrogen) atoms. The highest BCUT2D eigenvalue weighted by molar-refractivity contribution is 5.39. The predicted molar refractivity (Wildman–Crippen MR) is 74.4 cm³/mol. The molecular formula is C15H19N3O. The molecule has 1 aliphatic heterocycles. The molecule has 2 heterocycles. The van der Waals surface area contributed by atoms with Gasteiger partial charge >= 0.3 is 0 Å². The number of nitrogens with one attached hydrogen (secondary N) is 2. The van der Waals surface area contributed by atoms with Gasteiger partial charge in [0.1, 0.15) is 11.6 Å². The van der Waals surface area contributed by atoms with Gasteiger partial charge in [-0.3, -0.25) is 0 Å². The summed E-state index contributed by atoms with van der Waals surface area (Å²) in [5.74, 6) is 2.06. The first-order chi connectivity index (χ1) is 9.36. The fraction of sp³-hybridized carbons (Fsp3) is 0.400. The summed E-state index contributed by atoms with van der Waals surface area (Å²) >= 11 is 0. The Balaban J connectivity index is 1.65. The Labute approximate surface area is 113 Å². The zero-order valence-electron chi connectivity index (χ0n) is 11.1. The van der Waals surface area contributed by atoms with Gasteiger partial charge in [-0.15, -0.1) is 0 Å². The normalized spacial score (nSPS) is 15.0. The van der Waals surface area contributed by atoms with Crippen LogP contribution in [-0.2, 0) is 12.8 Å². The molecule has 0 spiro atoms. The van der Waals surface area contributed by atoms with Gasteiger partial charge < -0.3 is 15.0 Å². The summed E-state index contributed by atoms with van der Waals surface area (Å²) in [7, 11) is 1.98. The summed E-state index contributed by atoms with van der Waals surface area (Å²) in [4.78, 5) is 7.49. The quantitative estimate of drug-likeness (QED) is 0.863. The fourth-order valence-corrected chi connectivity index (χ4v) is 2.59. The molecular weight excluding hydrogens is 238 g/mol. The molecule has 1 atom stereocenters. The van der Waals surface area contributed by atoms with E-state index in [2.05, 4.69) is 33.5 Å². The van der Waals surface area contributed by atoms with Gasteiger partial charge in [-0.2, -0.15) is 0 Å². The molecule has 0 radical (unpaired) electrons. The van der Waals surface area contributed by atoms with Crippen LogP contribution in [0.25, 0.3) is 0 Å². The fourth-order valence-electron chi connectivity index (χ4n) is 2.59. The first-order valence-electron chi connectivity index (χ1n) is 6.78. The van der Waals surface area contributed by atoms with Crippen LogP contribution in [0.4, 0.5) is 0 Å². The van der Waals surface area contributed by atoms with Crippen molar-refractivity contribution in [3.05, 3.63) is 47.5 Å². The molecule has 4 heteroatoms. The molecule has 0 saturated heterocycles. The largest absolute Gasteiger partial charge is 0.493 e. The zero-order valence-corrected chi connectivity index (χ0v) is 11.1. The Hall–Kier alpha value is -1.81. The highest BCUT2D eigenvalue weighted by Gasteiger charge is 2.14. The number of hydrogen-bond acceptors (Lipinski definition) is 3. The van der Waals surface area contributed by atoms with E-state index >= 15 is 0 Å². The molecule has 0 aliphatic carbocycles. The average molecular weight is 257 g/mol. The molecule has 0 bridgehead atoms. The number of ether oxygens (including phenoxy) is 1. The summed E-state index contributed by atoms with van der Waals surface area (Å²) in [5.41, 5.74) is 2.72. The van der Waals surface area contributed by atoms with Gasteiger partial charge in [0.25, 0.3) is 0 Å². The molecule has 1 unspecified atom stereocenters. The summed E-state index contributed by atoms with van der Waals surface area (Å²) in [6.07, 6.45) is 6.78. The Morgan fingerprint density at radius 2 is 2.42 bits per heavy atom. The van der Waals surface area contributed by atoms with E-state index in [0.717, 1.165) is 37.4 Å². The van der Waals surface area contributed by atoms with Gasteiger partial charge in [0, 0.05) is 18.8 Å². The second-order valence-electron chi connectivity index (χ2n) is 4.89. The Morgan fingerprint density at radius 1 is 1.47 bits per heavy atom. The van der Waals surface area contributed by atoms with Crippen LogP contribution >= 0.6 is 0 Å². The molecule has 2 aromatic rings. The van der Waals surface area contributed by atoms with Crippen molar-refractivity contribution < 1.29 is 4.74 Å². The highest BCUT2D eigenvalue weighted by Crippen LogP contribution is 2.27. The van der Waals surface area contributed by atoms with Crippen LogP contribution in [0.3, 0.4) is 0 Å². The maximum Gasteiger partial charge on any atom is 0.123 e. The Kier molecular flexibility index (Phi) is 3.51. The van der Waals surface area contributed by atoms with Crippen LogP contribution in [0, 0.1) is 0 Å². The lowest BCUT2D eigenvalue weighted by molar-refractivity contribution is 0.357. The summed E-state index contributed by atoms with van der Waals surface area (Å²) < 4.78 is 5.53. The van der Waals surface area contributed by atoms with Gasteiger partial charge in [-0.1, -0.05) is 12.1 Å².